The summed E-state index contributed by atoms with van der Waals surface area (Å²) in [4.78, 5) is 42.8. The molecule has 39 heavy (non-hydrogen) atoms. The van der Waals surface area contributed by atoms with Gasteiger partial charge in [0.2, 0.25) is 5.91 Å². The fraction of sp³-hybridized carbons (Fsp3) is 0.429. The number of amides is 2. The molecule has 0 unspecified atom stereocenters. The van der Waals surface area contributed by atoms with Gasteiger partial charge in [-0.2, -0.15) is 0 Å². The number of nitrogens with one attached hydrogen (secondary N) is 2. The Labute approximate surface area is 227 Å². The third-order valence-corrected chi connectivity index (χ3v) is 7.34. The maximum absolute atomic E-state index is 13.0. The monoisotopic (exact) mass is 533 g/mol. The summed E-state index contributed by atoms with van der Waals surface area (Å²) in [5, 5.41) is 14.8. The standard InChI is InChI=1S/C28H35N7O4/c1-33(2)24(36)4-3-11-34-12-9-28(38,10-13-34)27(37)31-21-7-5-20(6-8-21)23-18-22-25(32-23)29-19-30-26(22)35-14-16-39-17-15-35/h3-8,18-19,38H,9-17H2,1-2H3,(H,31,37)(H,29,30,32)/b4-3+. The van der Waals surface area contributed by atoms with Gasteiger partial charge in [0, 0.05) is 64.3 Å². The highest BCUT2D eigenvalue weighted by molar-refractivity contribution is 5.97. The zero-order valence-electron chi connectivity index (χ0n) is 22.4. The van der Waals surface area contributed by atoms with Gasteiger partial charge in [-0.05, 0) is 36.6 Å². The van der Waals surface area contributed by atoms with Crippen LogP contribution in [0.15, 0.2) is 48.8 Å². The van der Waals surface area contributed by atoms with Crippen LogP contribution in [-0.4, -0.2) is 107 Å². The Kier molecular flexibility index (Phi) is 7.92. The quantitative estimate of drug-likeness (QED) is 0.393. The number of benzene rings is 1. The van der Waals surface area contributed by atoms with E-state index in [1.54, 1.807) is 26.5 Å². The molecule has 0 spiro atoms. The molecule has 0 aliphatic carbocycles. The second-order valence-corrected chi connectivity index (χ2v) is 10.2. The highest BCUT2D eigenvalue weighted by Gasteiger charge is 2.39. The number of fused-ring (bicyclic) bond motifs is 1. The topological polar surface area (TPSA) is 127 Å². The number of morpholine rings is 1. The minimum Gasteiger partial charge on any atom is -0.380 e. The number of rotatable bonds is 7. The van der Waals surface area contributed by atoms with Crippen LogP contribution in [0.5, 0.6) is 0 Å². The van der Waals surface area contributed by atoms with Gasteiger partial charge in [-0.25, -0.2) is 9.97 Å². The highest BCUT2D eigenvalue weighted by Crippen LogP contribution is 2.30. The largest absolute Gasteiger partial charge is 0.380 e. The number of H-pyrrole nitrogens is 1. The lowest BCUT2D eigenvalue weighted by Crippen LogP contribution is -2.51. The first kappa shape index (κ1) is 26.8. The Balaban J connectivity index is 1.19. The number of aliphatic hydroxyl groups is 1. The Morgan fingerprint density at radius 1 is 1.13 bits per heavy atom. The first-order valence-corrected chi connectivity index (χ1v) is 13.2. The third-order valence-electron chi connectivity index (χ3n) is 7.34. The molecule has 3 aromatic rings. The average Bonchev–Trinajstić information content (AvgIpc) is 3.39. The molecule has 2 amide bonds. The molecule has 5 rings (SSSR count). The van der Waals surface area contributed by atoms with Gasteiger partial charge in [0.05, 0.1) is 18.6 Å². The Morgan fingerprint density at radius 2 is 1.85 bits per heavy atom. The molecule has 1 aromatic carbocycles. The van der Waals surface area contributed by atoms with E-state index in [1.807, 2.05) is 30.3 Å². The number of aromatic nitrogens is 3. The van der Waals surface area contributed by atoms with Crippen LogP contribution < -0.4 is 10.2 Å². The molecule has 2 aliphatic rings. The van der Waals surface area contributed by atoms with Crippen molar-refractivity contribution >= 4 is 34.4 Å². The molecular formula is C28H35N7O4. The Hall–Kier alpha value is -3.80. The summed E-state index contributed by atoms with van der Waals surface area (Å²) in [6.07, 6.45) is 5.59. The molecule has 3 N–H and O–H groups in total. The van der Waals surface area contributed by atoms with Gasteiger partial charge in [-0.15, -0.1) is 0 Å². The predicted octanol–water partition coefficient (Wildman–Crippen LogP) is 1.87. The number of piperidine rings is 1. The number of carbonyl (C=O) groups is 2. The molecular weight excluding hydrogens is 498 g/mol. The maximum atomic E-state index is 13.0. The average molecular weight is 534 g/mol. The van der Waals surface area contributed by atoms with E-state index in [0.29, 0.717) is 51.4 Å². The number of aromatic amines is 1. The molecule has 0 saturated carbocycles. The van der Waals surface area contributed by atoms with E-state index in [1.165, 1.54) is 4.90 Å². The SMILES string of the molecule is CN(C)C(=O)/C=C/CN1CCC(O)(C(=O)Nc2ccc(-c3cc4c(N5CCOCC5)ncnc4[nH]3)cc2)CC1. The molecule has 2 fully saturated rings. The number of likely N-dealkylation sites (N-methyl/N-ethyl adjacent to an activating group) is 1. The summed E-state index contributed by atoms with van der Waals surface area (Å²) in [5.74, 6) is 0.432. The van der Waals surface area contributed by atoms with Crippen LogP contribution in [0.3, 0.4) is 0 Å². The number of carbonyl (C=O) groups excluding carboxylic acids is 2. The molecule has 11 heteroatoms. The number of anilines is 2. The van der Waals surface area contributed by atoms with Gasteiger partial charge in [0.1, 0.15) is 23.4 Å². The van der Waals surface area contributed by atoms with Crippen molar-refractivity contribution in [2.75, 3.05) is 70.2 Å². The number of hydrogen-bond donors (Lipinski definition) is 3. The second kappa shape index (κ2) is 11.5. The van der Waals surface area contributed by atoms with Crippen molar-refractivity contribution in [3.05, 3.63) is 48.8 Å². The van der Waals surface area contributed by atoms with Crippen LogP contribution in [0.25, 0.3) is 22.3 Å². The molecule has 0 atom stereocenters. The second-order valence-electron chi connectivity index (χ2n) is 10.2. The minimum absolute atomic E-state index is 0.0649. The van der Waals surface area contributed by atoms with E-state index in [0.717, 1.165) is 41.2 Å². The lowest BCUT2D eigenvalue weighted by Gasteiger charge is -2.36. The summed E-state index contributed by atoms with van der Waals surface area (Å²) >= 11 is 0. The number of nitrogens with zero attached hydrogens (tertiary/aromatic N) is 5. The fourth-order valence-electron chi connectivity index (χ4n) is 4.87. The third kappa shape index (κ3) is 6.11. The molecule has 2 aromatic heterocycles. The summed E-state index contributed by atoms with van der Waals surface area (Å²) in [6.45, 7) is 4.68. The zero-order chi connectivity index (χ0) is 27.4. The van der Waals surface area contributed by atoms with Crippen LogP contribution in [0.4, 0.5) is 11.5 Å². The van der Waals surface area contributed by atoms with Crippen LogP contribution in [0.1, 0.15) is 12.8 Å². The highest BCUT2D eigenvalue weighted by atomic mass is 16.5. The summed E-state index contributed by atoms with van der Waals surface area (Å²) < 4.78 is 5.47. The molecule has 0 bridgehead atoms. The van der Waals surface area contributed by atoms with Crippen molar-refractivity contribution in [1.82, 2.24) is 24.8 Å². The van der Waals surface area contributed by atoms with Gasteiger partial charge in [0.15, 0.2) is 0 Å². The molecule has 0 radical (unpaired) electrons. The first-order valence-electron chi connectivity index (χ1n) is 13.2. The lowest BCUT2D eigenvalue weighted by molar-refractivity contribution is -0.138. The summed E-state index contributed by atoms with van der Waals surface area (Å²) in [7, 11) is 3.42. The lowest BCUT2D eigenvalue weighted by atomic mass is 9.90. The molecule has 4 heterocycles. The van der Waals surface area contributed by atoms with Crippen molar-refractivity contribution in [2.24, 2.45) is 0 Å². The van der Waals surface area contributed by atoms with Gasteiger partial charge in [0.25, 0.3) is 5.91 Å². The van der Waals surface area contributed by atoms with Crippen molar-refractivity contribution in [3.8, 4) is 11.3 Å². The van der Waals surface area contributed by atoms with E-state index in [9.17, 15) is 14.7 Å². The van der Waals surface area contributed by atoms with Crippen LogP contribution in [0, 0.1) is 0 Å². The van der Waals surface area contributed by atoms with Crippen molar-refractivity contribution < 1.29 is 19.4 Å². The van der Waals surface area contributed by atoms with E-state index in [4.69, 9.17) is 4.74 Å². The molecule has 2 aliphatic heterocycles. The number of likely N-dealkylation sites (tertiary alicyclic amines) is 1. The number of hydrogen-bond acceptors (Lipinski definition) is 8. The van der Waals surface area contributed by atoms with Gasteiger partial charge in [-0.3, -0.25) is 14.5 Å². The van der Waals surface area contributed by atoms with Crippen molar-refractivity contribution in [2.45, 2.75) is 18.4 Å². The normalized spacial score (nSPS) is 18.0. The maximum Gasteiger partial charge on any atom is 0.256 e. The fourth-order valence-corrected chi connectivity index (χ4v) is 4.87. The van der Waals surface area contributed by atoms with Gasteiger partial charge >= 0.3 is 0 Å². The predicted molar refractivity (Wildman–Crippen MR) is 149 cm³/mol. The van der Waals surface area contributed by atoms with E-state index in [-0.39, 0.29) is 5.91 Å². The van der Waals surface area contributed by atoms with Gasteiger partial charge in [-0.1, -0.05) is 18.2 Å². The van der Waals surface area contributed by atoms with Crippen LogP contribution >= 0.6 is 0 Å². The van der Waals surface area contributed by atoms with Crippen molar-refractivity contribution in [3.63, 3.8) is 0 Å². The smallest absolute Gasteiger partial charge is 0.256 e. The zero-order valence-corrected chi connectivity index (χ0v) is 22.4. The Morgan fingerprint density at radius 3 is 2.54 bits per heavy atom. The van der Waals surface area contributed by atoms with E-state index < -0.39 is 11.5 Å². The molecule has 206 valence electrons. The summed E-state index contributed by atoms with van der Waals surface area (Å²) in [6, 6.07) is 9.57. The minimum atomic E-state index is -1.43. The van der Waals surface area contributed by atoms with Gasteiger partial charge < -0.3 is 29.9 Å². The van der Waals surface area contributed by atoms with Crippen LogP contribution in [-0.2, 0) is 14.3 Å². The van der Waals surface area contributed by atoms with Crippen LogP contribution in [0.2, 0.25) is 0 Å². The molecule has 2 saturated heterocycles. The summed E-state index contributed by atoms with van der Waals surface area (Å²) in [5.41, 5.74) is 1.82. The Bertz CT molecular complexity index is 1340. The van der Waals surface area contributed by atoms with Crippen molar-refractivity contribution in [1.29, 1.82) is 0 Å². The van der Waals surface area contributed by atoms with E-state index in [2.05, 4.69) is 36.1 Å². The number of ether oxygens (including phenoxy) is 1. The first-order chi connectivity index (χ1) is 18.8. The van der Waals surface area contributed by atoms with E-state index >= 15 is 0 Å². The molecule has 11 nitrogen and oxygen atoms in total.